The molecule has 2 rings (SSSR count). The normalized spacial score (nSPS) is 11.2. The Morgan fingerprint density at radius 1 is 1.42 bits per heavy atom. The van der Waals surface area contributed by atoms with Gasteiger partial charge in [-0.25, -0.2) is 18.7 Å². The lowest BCUT2D eigenvalue weighted by atomic mass is 10.1. The molecule has 0 radical (unpaired) electrons. The van der Waals surface area contributed by atoms with Crippen LogP contribution < -0.4 is 10.9 Å². The Bertz CT molecular complexity index is 740. The summed E-state index contributed by atoms with van der Waals surface area (Å²) in [6, 6.07) is 5.58. The largest absolute Gasteiger partial charge is 0.298 e. The van der Waals surface area contributed by atoms with E-state index in [9.17, 15) is 13.6 Å². The summed E-state index contributed by atoms with van der Waals surface area (Å²) in [5.74, 6) is -2.81. The lowest BCUT2D eigenvalue weighted by Crippen LogP contribution is -2.30. The predicted molar refractivity (Wildman–Crippen MR) is 90.5 cm³/mol. The molecule has 0 unspecified atom stereocenters. The van der Waals surface area contributed by atoms with Crippen molar-refractivity contribution >= 4 is 35.0 Å². The minimum absolute atomic E-state index is 0.00657. The van der Waals surface area contributed by atoms with E-state index in [0.717, 1.165) is 12.7 Å². The average molecular weight is 373 g/mol. The number of aromatic nitrogens is 2. The zero-order valence-corrected chi connectivity index (χ0v) is 14.5. The van der Waals surface area contributed by atoms with Crippen molar-refractivity contribution in [1.82, 2.24) is 15.4 Å². The Hall–Kier alpha value is -1.93. The van der Waals surface area contributed by atoms with Crippen molar-refractivity contribution in [2.75, 3.05) is 11.2 Å². The summed E-state index contributed by atoms with van der Waals surface area (Å²) in [6.07, 6.45) is 1.35. The number of hydrogen-bond donors (Lipinski definition) is 2. The molecule has 0 fully saturated rings. The van der Waals surface area contributed by atoms with Crippen molar-refractivity contribution in [2.24, 2.45) is 0 Å². The molecule has 0 bridgehead atoms. The van der Waals surface area contributed by atoms with Gasteiger partial charge >= 0.3 is 0 Å². The molecule has 0 aliphatic carbocycles. The third kappa shape index (κ3) is 4.78. The highest BCUT2D eigenvalue weighted by atomic mass is 35.5. The van der Waals surface area contributed by atoms with Crippen LogP contribution in [0.5, 0.6) is 0 Å². The zero-order valence-electron chi connectivity index (χ0n) is 12.9. The molecular weight excluding hydrogens is 358 g/mol. The maximum Gasteiger partial charge on any atom is 0.289 e. The number of alkyl halides is 2. The van der Waals surface area contributed by atoms with Gasteiger partial charge in [0.05, 0.1) is 16.9 Å². The molecule has 0 spiro atoms. The van der Waals surface area contributed by atoms with E-state index in [2.05, 4.69) is 20.8 Å². The zero-order chi connectivity index (χ0) is 17.7. The fraction of sp³-hybridized carbons (Fsp3) is 0.267. The van der Waals surface area contributed by atoms with Gasteiger partial charge < -0.3 is 0 Å². The van der Waals surface area contributed by atoms with E-state index in [-0.39, 0.29) is 16.3 Å². The first-order chi connectivity index (χ1) is 11.3. The summed E-state index contributed by atoms with van der Waals surface area (Å²) < 4.78 is 26.6. The first kappa shape index (κ1) is 18.4. The number of carbonyl (C=O) groups excluding carboxylic acids is 1. The minimum Gasteiger partial charge on any atom is -0.298 e. The van der Waals surface area contributed by atoms with Crippen LogP contribution in [-0.4, -0.2) is 21.6 Å². The highest BCUT2D eigenvalue weighted by Crippen LogP contribution is 2.28. The fourth-order valence-corrected chi connectivity index (χ4v) is 2.49. The molecule has 1 amide bonds. The SMILES string of the molecule is CCSc1ncc(Cl)c(C(=O)NNc2cccc(C(C)(F)F)c2)n1. The highest BCUT2D eigenvalue weighted by Gasteiger charge is 2.24. The summed E-state index contributed by atoms with van der Waals surface area (Å²) in [5, 5.41) is 0.531. The van der Waals surface area contributed by atoms with Crippen LogP contribution in [0.4, 0.5) is 14.5 Å². The molecule has 0 saturated carbocycles. The minimum atomic E-state index is -2.97. The van der Waals surface area contributed by atoms with Crippen molar-refractivity contribution in [3.05, 3.63) is 46.7 Å². The van der Waals surface area contributed by atoms with Crippen molar-refractivity contribution in [2.45, 2.75) is 24.9 Å². The second-order valence-electron chi connectivity index (χ2n) is 4.83. The van der Waals surface area contributed by atoms with Gasteiger partial charge in [0.2, 0.25) is 0 Å². The third-order valence-corrected chi connectivity index (χ3v) is 3.92. The number of rotatable bonds is 6. The van der Waals surface area contributed by atoms with Crippen LogP contribution in [0.3, 0.4) is 0 Å². The second-order valence-corrected chi connectivity index (χ2v) is 6.47. The number of nitrogens with zero attached hydrogens (tertiary/aromatic N) is 2. The van der Waals surface area contributed by atoms with E-state index in [1.54, 1.807) is 6.07 Å². The van der Waals surface area contributed by atoms with Crippen LogP contribution in [0, 0.1) is 0 Å². The lowest BCUT2D eigenvalue weighted by molar-refractivity contribution is 0.0175. The predicted octanol–water partition coefficient (Wildman–Crippen LogP) is 4.11. The number of hydrazine groups is 1. The maximum absolute atomic E-state index is 13.3. The lowest BCUT2D eigenvalue weighted by Gasteiger charge is -2.13. The van der Waals surface area contributed by atoms with Gasteiger partial charge in [0.15, 0.2) is 10.9 Å². The molecule has 0 aliphatic rings. The molecule has 0 saturated heterocycles. The van der Waals surface area contributed by atoms with Gasteiger partial charge in [0.1, 0.15) is 0 Å². The molecule has 9 heteroatoms. The maximum atomic E-state index is 13.3. The number of benzene rings is 1. The summed E-state index contributed by atoms with van der Waals surface area (Å²) in [5.41, 5.74) is 5.12. The van der Waals surface area contributed by atoms with Crippen LogP contribution in [0.2, 0.25) is 5.02 Å². The van der Waals surface area contributed by atoms with Gasteiger partial charge in [0.25, 0.3) is 11.8 Å². The fourth-order valence-electron chi connectivity index (χ4n) is 1.77. The molecule has 1 aromatic carbocycles. The molecule has 5 nitrogen and oxygen atoms in total. The Kier molecular flexibility index (Phi) is 5.95. The summed E-state index contributed by atoms with van der Waals surface area (Å²) in [4.78, 5) is 20.3. The van der Waals surface area contributed by atoms with Crippen molar-refractivity contribution in [1.29, 1.82) is 0 Å². The van der Waals surface area contributed by atoms with E-state index in [1.165, 1.54) is 36.2 Å². The Morgan fingerprint density at radius 2 is 2.17 bits per heavy atom. The Labute approximate surface area is 147 Å². The number of nitrogens with one attached hydrogen (secondary N) is 2. The van der Waals surface area contributed by atoms with Crippen LogP contribution in [0.1, 0.15) is 29.9 Å². The van der Waals surface area contributed by atoms with E-state index < -0.39 is 11.8 Å². The molecule has 2 N–H and O–H groups in total. The van der Waals surface area contributed by atoms with Gasteiger partial charge in [-0.2, -0.15) is 0 Å². The Balaban J connectivity index is 2.10. The van der Waals surface area contributed by atoms with Crippen LogP contribution >= 0.6 is 23.4 Å². The Morgan fingerprint density at radius 3 is 2.83 bits per heavy atom. The topological polar surface area (TPSA) is 66.9 Å². The first-order valence-electron chi connectivity index (χ1n) is 7.01. The number of thioether (sulfide) groups is 1. The number of anilines is 1. The molecule has 128 valence electrons. The third-order valence-electron chi connectivity index (χ3n) is 2.90. The molecule has 1 heterocycles. The quantitative estimate of drug-likeness (QED) is 0.454. The van der Waals surface area contributed by atoms with Crippen LogP contribution in [-0.2, 0) is 5.92 Å². The smallest absolute Gasteiger partial charge is 0.289 e. The summed E-state index contributed by atoms with van der Waals surface area (Å²) >= 11 is 7.31. The number of halogens is 3. The highest BCUT2D eigenvalue weighted by molar-refractivity contribution is 7.99. The molecule has 2 aromatic rings. The number of hydrogen-bond acceptors (Lipinski definition) is 5. The van der Waals surface area contributed by atoms with E-state index in [0.29, 0.717) is 10.8 Å². The van der Waals surface area contributed by atoms with Gasteiger partial charge in [-0.05, 0) is 17.9 Å². The molecule has 1 aromatic heterocycles. The van der Waals surface area contributed by atoms with Crippen LogP contribution in [0.15, 0.2) is 35.6 Å². The van der Waals surface area contributed by atoms with E-state index >= 15 is 0 Å². The standard InChI is InChI=1S/C15H15ClF2N4OS/c1-3-24-14-19-8-11(16)12(20-14)13(23)22-21-10-6-4-5-9(7-10)15(2,17)18/h4-8,21H,3H2,1-2H3,(H,22,23). The number of amides is 1. The van der Waals surface area contributed by atoms with Gasteiger partial charge in [-0.1, -0.05) is 42.4 Å². The molecule has 0 aliphatic heterocycles. The van der Waals surface area contributed by atoms with E-state index in [1.807, 2.05) is 6.92 Å². The summed E-state index contributed by atoms with van der Waals surface area (Å²) in [6.45, 7) is 2.73. The molecule has 24 heavy (non-hydrogen) atoms. The van der Waals surface area contributed by atoms with Crippen molar-refractivity contribution in [3.8, 4) is 0 Å². The summed E-state index contributed by atoms with van der Waals surface area (Å²) in [7, 11) is 0. The average Bonchev–Trinajstić information content (AvgIpc) is 2.54. The first-order valence-corrected chi connectivity index (χ1v) is 8.37. The van der Waals surface area contributed by atoms with Gasteiger partial charge in [0, 0.05) is 12.5 Å². The number of carbonyl (C=O) groups is 1. The van der Waals surface area contributed by atoms with Crippen LogP contribution in [0.25, 0.3) is 0 Å². The molecular formula is C15H15ClF2N4OS. The second kappa shape index (κ2) is 7.76. The monoisotopic (exact) mass is 372 g/mol. The van der Waals surface area contributed by atoms with Crippen molar-refractivity contribution < 1.29 is 13.6 Å². The van der Waals surface area contributed by atoms with Gasteiger partial charge in [-0.3, -0.25) is 15.6 Å². The molecule has 0 atom stereocenters. The van der Waals surface area contributed by atoms with E-state index in [4.69, 9.17) is 11.6 Å². The van der Waals surface area contributed by atoms with Crippen molar-refractivity contribution in [3.63, 3.8) is 0 Å². The van der Waals surface area contributed by atoms with Gasteiger partial charge in [-0.15, -0.1) is 0 Å².